The van der Waals surface area contributed by atoms with Crippen LogP contribution in [0, 0.1) is 0 Å². The second kappa shape index (κ2) is 7.31. The highest BCUT2D eigenvalue weighted by Gasteiger charge is 2.22. The number of carbonyl (C=O) groups is 1. The van der Waals surface area contributed by atoms with Crippen molar-refractivity contribution >= 4 is 6.03 Å². The van der Waals surface area contributed by atoms with Gasteiger partial charge in [-0.15, -0.1) is 0 Å². The molecule has 5 heteroatoms. The molecule has 2 aromatic rings. The number of benzene rings is 1. The van der Waals surface area contributed by atoms with Crippen LogP contribution < -0.4 is 5.32 Å². The predicted octanol–water partition coefficient (Wildman–Crippen LogP) is 3.00. The number of amides is 2. The fourth-order valence-electron chi connectivity index (χ4n) is 3.03. The van der Waals surface area contributed by atoms with E-state index in [1.165, 1.54) is 6.42 Å². The standard InChI is InChI=1S/C18H24N4O/c1-15-7-5-6-12-21(15)18(23)19-11-10-16-13-20-22(14-16)17-8-3-2-4-9-17/h2-4,8-9,13-15H,5-7,10-12H2,1H3,(H,19,23). The van der Waals surface area contributed by atoms with Crippen molar-refractivity contribution in [2.45, 2.75) is 38.6 Å². The first-order valence-corrected chi connectivity index (χ1v) is 8.37. The molecule has 1 aromatic carbocycles. The third kappa shape index (κ3) is 3.92. The molecule has 1 aromatic heterocycles. The molecule has 0 bridgehead atoms. The summed E-state index contributed by atoms with van der Waals surface area (Å²) in [4.78, 5) is 14.2. The van der Waals surface area contributed by atoms with E-state index in [0.717, 1.165) is 37.1 Å². The Morgan fingerprint density at radius 1 is 1.30 bits per heavy atom. The Bertz CT molecular complexity index is 637. The number of likely N-dealkylation sites (tertiary alicyclic amines) is 1. The van der Waals surface area contributed by atoms with Crippen molar-refractivity contribution in [2.24, 2.45) is 0 Å². The molecule has 1 atom stereocenters. The van der Waals surface area contributed by atoms with Gasteiger partial charge in [0.1, 0.15) is 0 Å². The average Bonchev–Trinajstić information content (AvgIpc) is 3.05. The third-order valence-corrected chi connectivity index (χ3v) is 4.41. The summed E-state index contributed by atoms with van der Waals surface area (Å²) in [7, 11) is 0. The number of rotatable bonds is 4. The summed E-state index contributed by atoms with van der Waals surface area (Å²) in [6, 6.07) is 10.4. The van der Waals surface area contributed by atoms with Crippen LogP contribution >= 0.6 is 0 Å². The van der Waals surface area contributed by atoms with Gasteiger partial charge in [0.05, 0.1) is 11.9 Å². The Balaban J connectivity index is 1.49. The SMILES string of the molecule is CC1CCCCN1C(=O)NCCc1cnn(-c2ccccc2)c1. The lowest BCUT2D eigenvalue weighted by molar-refractivity contribution is 0.158. The fraction of sp³-hybridized carbons (Fsp3) is 0.444. The highest BCUT2D eigenvalue weighted by atomic mass is 16.2. The summed E-state index contributed by atoms with van der Waals surface area (Å²) < 4.78 is 1.86. The van der Waals surface area contributed by atoms with Crippen LogP contribution in [0.5, 0.6) is 0 Å². The minimum atomic E-state index is 0.0626. The van der Waals surface area contributed by atoms with Crippen LogP contribution in [0.4, 0.5) is 4.79 Å². The predicted molar refractivity (Wildman–Crippen MR) is 90.7 cm³/mol. The summed E-state index contributed by atoms with van der Waals surface area (Å²) in [5.74, 6) is 0. The second-order valence-corrected chi connectivity index (χ2v) is 6.15. The van der Waals surface area contributed by atoms with Crippen molar-refractivity contribution in [3.05, 3.63) is 48.3 Å². The van der Waals surface area contributed by atoms with Gasteiger partial charge < -0.3 is 10.2 Å². The number of urea groups is 1. The minimum absolute atomic E-state index is 0.0626. The van der Waals surface area contributed by atoms with Crippen molar-refractivity contribution in [1.29, 1.82) is 0 Å². The third-order valence-electron chi connectivity index (χ3n) is 4.41. The van der Waals surface area contributed by atoms with Crippen LogP contribution in [0.3, 0.4) is 0 Å². The number of para-hydroxylation sites is 1. The first-order valence-electron chi connectivity index (χ1n) is 8.37. The molecule has 2 heterocycles. The van der Waals surface area contributed by atoms with E-state index >= 15 is 0 Å². The first kappa shape index (κ1) is 15.6. The fourth-order valence-corrected chi connectivity index (χ4v) is 3.03. The molecular weight excluding hydrogens is 288 g/mol. The largest absolute Gasteiger partial charge is 0.338 e. The van der Waals surface area contributed by atoms with E-state index in [1.54, 1.807) is 0 Å². The summed E-state index contributed by atoms with van der Waals surface area (Å²) >= 11 is 0. The summed E-state index contributed by atoms with van der Waals surface area (Å²) in [5, 5.41) is 7.41. The molecule has 23 heavy (non-hydrogen) atoms. The molecule has 1 aliphatic heterocycles. The Hall–Kier alpha value is -2.30. The van der Waals surface area contributed by atoms with Crippen LogP contribution in [0.15, 0.2) is 42.7 Å². The van der Waals surface area contributed by atoms with Gasteiger partial charge in [-0.05, 0) is 50.3 Å². The second-order valence-electron chi connectivity index (χ2n) is 6.15. The molecule has 1 unspecified atom stereocenters. The zero-order valence-electron chi connectivity index (χ0n) is 13.6. The number of hydrogen-bond donors (Lipinski definition) is 1. The van der Waals surface area contributed by atoms with Gasteiger partial charge in [0.25, 0.3) is 0 Å². The first-order chi connectivity index (χ1) is 11.2. The molecule has 3 rings (SSSR count). The molecule has 0 spiro atoms. The van der Waals surface area contributed by atoms with Gasteiger partial charge in [-0.1, -0.05) is 18.2 Å². The van der Waals surface area contributed by atoms with Gasteiger partial charge in [0, 0.05) is 25.3 Å². The topological polar surface area (TPSA) is 50.2 Å². The Labute approximate surface area is 137 Å². The van der Waals surface area contributed by atoms with E-state index < -0.39 is 0 Å². The van der Waals surface area contributed by atoms with Gasteiger partial charge in [-0.25, -0.2) is 9.48 Å². The summed E-state index contributed by atoms with van der Waals surface area (Å²) in [6.45, 7) is 3.64. The van der Waals surface area contributed by atoms with Crippen molar-refractivity contribution < 1.29 is 4.79 Å². The average molecular weight is 312 g/mol. The molecule has 5 nitrogen and oxygen atoms in total. The summed E-state index contributed by atoms with van der Waals surface area (Å²) in [6.07, 6.45) is 8.12. The molecule has 2 amide bonds. The number of carbonyl (C=O) groups excluding carboxylic acids is 1. The highest BCUT2D eigenvalue weighted by Crippen LogP contribution is 2.16. The molecule has 0 saturated carbocycles. The van der Waals surface area contributed by atoms with Gasteiger partial charge in [-0.3, -0.25) is 0 Å². The zero-order valence-corrected chi connectivity index (χ0v) is 13.6. The molecule has 1 aliphatic rings. The Kier molecular flexibility index (Phi) is 4.95. The number of piperidine rings is 1. The highest BCUT2D eigenvalue weighted by molar-refractivity contribution is 5.74. The van der Waals surface area contributed by atoms with Gasteiger partial charge in [0.2, 0.25) is 0 Å². The number of hydrogen-bond acceptors (Lipinski definition) is 2. The monoisotopic (exact) mass is 312 g/mol. The number of aromatic nitrogens is 2. The quantitative estimate of drug-likeness (QED) is 0.943. The minimum Gasteiger partial charge on any atom is -0.338 e. The van der Waals surface area contributed by atoms with Crippen LogP contribution in [-0.2, 0) is 6.42 Å². The van der Waals surface area contributed by atoms with Gasteiger partial charge >= 0.3 is 6.03 Å². The van der Waals surface area contributed by atoms with E-state index in [-0.39, 0.29) is 6.03 Å². The lowest BCUT2D eigenvalue weighted by atomic mass is 10.0. The number of nitrogens with one attached hydrogen (secondary N) is 1. The van der Waals surface area contributed by atoms with Crippen molar-refractivity contribution in [3.63, 3.8) is 0 Å². The maximum atomic E-state index is 12.2. The molecule has 0 aliphatic carbocycles. The van der Waals surface area contributed by atoms with Crippen LogP contribution in [0.1, 0.15) is 31.7 Å². The van der Waals surface area contributed by atoms with E-state index in [4.69, 9.17) is 0 Å². The lowest BCUT2D eigenvalue weighted by Gasteiger charge is -2.33. The lowest BCUT2D eigenvalue weighted by Crippen LogP contribution is -2.47. The number of nitrogens with zero attached hydrogens (tertiary/aromatic N) is 3. The Morgan fingerprint density at radius 3 is 2.91 bits per heavy atom. The van der Waals surface area contributed by atoms with E-state index in [0.29, 0.717) is 12.6 Å². The molecule has 1 N–H and O–H groups in total. The normalized spacial score (nSPS) is 18.0. The van der Waals surface area contributed by atoms with Crippen molar-refractivity contribution in [3.8, 4) is 5.69 Å². The summed E-state index contributed by atoms with van der Waals surface area (Å²) in [5.41, 5.74) is 2.17. The zero-order chi connectivity index (χ0) is 16.1. The maximum Gasteiger partial charge on any atom is 0.317 e. The molecule has 0 radical (unpaired) electrons. The van der Waals surface area contributed by atoms with Crippen molar-refractivity contribution in [2.75, 3.05) is 13.1 Å². The van der Waals surface area contributed by atoms with Gasteiger partial charge in [-0.2, -0.15) is 5.10 Å². The maximum absolute atomic E-state index is 12.2. The van der Waals surface area contributed by atoms with Crippen molar-refractivity contribution in [1.82, 2.24) is 20.0 Å². The molecule has 122 valence electrons. The van der Waals surface area contributed by atoms with Gasteiger partial charge in [0.15, 0.2) is 0 Å². The van der Waals surface area contributed by atoms with Crippen LogP contribution in [-0.4, -0.2) is 39.8 Å². The smallest absolute Gasteiger partial charge is 0.317 e. The van der Waals surface area contributed by atoms with Crippen LogP contribution in [0.25, 0.3) is 5.69 Å². The van der Waals surface area contributed by atoms with Crippen LogP contribution in [0.2, 0.25) is 0 Å². The Morgan fingerprint density at radius 2 is 2.13 bits per heavy atom. The van der Waals surface area contributed by atoms with E-state index in [1.807, 2.05) is 52.3 Å². The van der Waals surface area contributed by atoms with E-state index in [2.05, 4.69) is 17.3 Å². The van der Waals surface area contributed by atoms with E-state index in [9.17, 15) is 4.79 Å². The molecule has 1 saturated heterocycles. The molecular formula is C18H24N4O. The molecule has 1 fully saturated rings.